The van der Waals surface area contributed by atoms with Crippen molar-refractivity contribution >= 4 is 18.4 Å². The van der Waals surface area contributed by atoms with Gasteiger partial charge in [0.2, 0.25) is 0 Å². The fourth-order valence-corrected chi connectivity index (χ4v) is 2.83. The lowest BCUT2D eigenvalue weighted by molar-refractivity contribution is 0.00578. The molecule has 0 radical (unpaired) electrons. The molecule has 2 fully saturated rings. The summed E-state index contributed by atoms with van der Waals surface area (Å²) >= 11 is 0. The molecule has 5 nitrogen and oxygen atoms in total. The molecule has 23 heavy (non-hydrogen) atoms. The number of nitrogens with zero attached hydrogens (tertiary/aromatic N) is 3. The van der Waals surface area contributed by atoms with Crippen molar-refractivity contribution in [1.82, 2.24) is 4.98 Å². The van der Waals surface area contributed by atoms with Crippen LogP contribution in [0.4, 0.5) is 10.2 Å². The third kappa shape index (κ3) is 2.82. The molecular weight excluding hydrogens is 296 g/mol. The predicted molar refractivity (Wildman–Crippen MR) is 86.4 cm³/mol. The fourth-order valence-electron chi connectivity index (χ4n) is 2.83. The van der Waals surface area contributed by atoms with Crippen LogP contribution in [0.25, 0.3) is 0 Å². The molecule has 1 aromatic rings. The van der Waals surface area contributed by atoms with E-state index in [0.29, 0.717) is 29.8 Å². The number of pyridine rings is 1. The number of aromatic nitrogens is 1. The molecule has 0 bridgehead atoms. The van der Waals surface area contributed by atoms with Crippen molar-refractivity contribution in [2.45, 2.75) is 51.5 Å². The maximum atomic E-state index is 13.4. The first-order valence-corrected chi connectivity index (χ1v) is 7.88. The van der Waals surface area contributed by atoms with Gasteiger partial charge in [0, 0.05) is 18.2 Å². The van der Waals surface area contributed by atoms with Gasteiger partial charge in [0.05, 0.1) is 23.3 Å². The Morgan fingerprint density at radius 2 is 2.00 bits per heavy atom. The zero-order chi connectivity index (χ0) is 16.8. The Hall–Kier alpha value is -1.65. The van der Waals surface area contributed by atoms with Gasteiger partial charge in [-0.15, -0.1) is 0 Å². The first kappa shape index (κ1) is 16.2. The Labute approximate surface area is 136 Å². The van der Waals surface area contributed by atoms with E-state index in [-0.39, 0.29) is 6.54 Å². The van der Waals surface area contributed by atoms with Gasteiger partial charge in [0.25, 0.3) is 0 Å². The van der Waals surface area contributed by atoms with E-state index in [1.807, 2.05) is 32.6 Å². The molecule has 3 rings (SSSR count). The summed E-state index contributed by atoms with van der Waals surface area (Å²) in [5, 5.41) is 9.43. The van der Waals surface area contributed by atoms with Gasteiger partial charge in [-0.2, -0.15) is 5.26 Å². The summed E-state index contributed by atoms with van der Waals surface area (Å²) in [5.41, 5.74) is 0.241. The number of rotatable bonds is 2. The highest BCUT2D eigenvalue weighted by molar-refractivity contribution is 6.62. The largest absolute Gasteiger partial charge is 0.496 e. The molecule has 2 aliphatic rings. The molecule has 0 saturated carbocycles. The highest BCUT2D eigenvalue weighted by Crippen LogP contribution is 2.36. The zero-order valence-corrected chi connectivity index (χ0v) is 14.0. The first-order valence-electron chi connectivity index (χ1n) is 7.88. The van der Waals surface area contributed by atoms with Gasteiger partial charge in [-0.25, -0.2) is 9.37 Å². The van der Waals surface area contributed by atoms with E-state index in [4.69, 9.17) is 9.31 Å². The Morgan fingerprint density at radius 1 is 1.35 bits per heavy atom. The van der Waals surface area contributed by atoms with Crippen LogP contribution >= 0.6 is 0 Å². The van der Waals surface area contributed by atoms with Crippen LogP contribution < -0.4 is 10.4 Å². The van der Waals surface area contributed by atoms with Crippen molar-refractivity contribution in [3.8, 4) is 6.07 Å². The van der Waals surface area contributed by atoms with Crippen molar-refractivity contribution in [2.75, 3.05) is 18.0 Å². The summed E-state index contributed by atoms with van der Waals surface area (Å²) in [6.45, 7) is 8.78. The Morgan fingerprint density at radius 3 is 2.52 bits per heavy atom. The summed E-state index contributed by atoms with van der Waals surface area (Å²) in [7, 11) is -0.554. The molecule has 2 aliphatic heterocycles. The molecule has 2 saturated heterocycles. The fraction of sp³-hybridized carbons (Fsp3) is 0.625. The number of hydrogen-bond donors (Lipinski definition) is 0. The second-order valence-corrected chi connectivity index (χ2v) is 7.17. The van der Waals surface area contributed by atoms with Crippen LogP contribution in [0.3, 0.4) is 0 Å². The van der Waals surface area contributed by atoms with Crippen molar-refractivity contribution in [1.29, 1.82) is 5.26 Å². The standard InChI is InChI=1S/C16H21BFN3O2/c1-15(2)16(3,4)23-17(22-15)12-7-11(8-19)14(20-9-12)21-6-5-13(18)10-21/h7,9,13H,5-6,10H2,1-4H3/t13-/m0/s1. The summed E-state index contributed by atoms with van der Waals surface area (Å²) < 4.78 is 25.4. The first-order chi connectivity index (χ1) is 10.7. The zero-order valence-electron chi connectivity index (χ0n) is 14.0. The quantitative estimate of drug-likeness (QED) is 0.779. The molecule has 0 N–H and O–H groups in total. The van der Waals surface area contributed by atoms with E-state index in [2.05, 4.69) is 11.1 Å². The summed E-state index contributed by atoms with van der Waals surface area (Å²) in [5.74, 6) is 0.535. The van der Waals surface area contributed by atoms with E-state index in [9.17, 15) is 9.65 Å². The van der Waals surface area contributed by atoms with E-state index in [1.165, 1.54) is 0 Å². The summed E-state index contributed by atoms with van der Waals surface area (Å²) in [6, 6.07) is 3.89. The van der Waals surface area contributed by atoms with E-state index in [0.717, 1.165) is 0 Å². The van der Waals surface area contributed by atoms with Gasteiger partial charge >= 0.3 is 7.12 Å². The number of alkyl halides is 1. The molecule has 7 heteroatoms. The minimum absolute atomic E-state index is 0.289. The maximum absolute atomic E-state index is 13.4. The number of hydrogen-bond acceptors (Lipinski definition) is 5. The summed E-state index contributed by atoms with van der Waals surface area (Å²) in [4.78, 5) is 6.20. The maximum Gasteiger partial charge on any atom is 0.496 e. The second-order valence-electron chi connectivity index (χ2n) is 7.17. The Balaban J connectivity index is 1.88. The average Bonchev–Trinajstić information content (AvgIpc) is 2.99. The van der Waals surface area contributed by atoms with Crippen LogP contribution in [0.15, 0.2) is 12.3 Å². The normalized spacial score (nSPS) is 25.7. The predicted octanol–water partition coefficient (Wildman–Crippen LogP) is 1.80. The molecule has 1 aromatic heterocycles. The topological polar surface area (TPSA) is 58.4 Å². The highest BCUT2D eigenvalue weighted by atomic mass is 19.1. The molecule has 0 aliphatic carbocycles. The number of halogens is 1. The van der Waals surface area contributed by atoms with Crippen LogP contribution in [-0.4, -0.2) is 42.6 Å². The molecular formula is C16H21BFN3O2. The van der Waals surface area contributed by atoms with E-state index in [1.54, 1.807) is 12.3 Å². The minimum atomic E-state index is -0.855. The Kier molecular flexibility index (Phi) is 3.85. The molecule has 0 spiro atoms. The van der Waals surface area contributed by atoms with Gasteiger partial charge in [-0.1, -0.05) is 0 Å². The van der Waals surface area contributed by atoms with Crippen molar-refractivity contribution in [3.63, 3.8) is 0 Å². The minimum Gasteiger partial charge on any atom is -0.399 e. The lowest BCUT2D eigenvalue weighted by atomic mass is 9.79. The average molecular weight is 317 g/mol. The van der Waals surface area contributed by atoms with Crippen molar-refractivity contribution < 1.29 is 13.7 Å². The van der Waals surface area contributed by atoms with Crippen LogP contribution in [0.1, 0.15) is 39.7 Å². The molecule has 1 atom stereocenters. The smallest absolute Gasteiger partial charge is 0.399 e. The van der Waals surface area contributed by atoms with Gasteiger partial charge in [-0.3, -0.25) is 0 Å². The van der Waals surface area contributed by atoms with Gasteiger partial charge in [0.1, 0.15) is 18.1 Å². The lowest BCUT2D eigenvalue weighted by Crippen LogP contribution is -2.41. The third-order valence-corrected chi connectivity index (χ3v) is 4.96. The Bertz CT molecular complexity index is 643. The lowest BCUT2D eigenvalue weighted by Gasteiger charge is -2.32. The molecule has 0 amide bonds. The van der Waals surface area contributed by atoms with Crippen molar-refractivity contribution in [2.24, 2.45) is 0 Å². The van der Waals surface area contributed by atoms with E-state index < -0.39 is 24.5 Å². The third-order valence-electron chi connectivity index (χ3n) is 4.96. The van der Waals surface area contributed by atoms with Crippen molar-refractivity contribution in [3.05, 3.63) is 17.8 Å². The monoisotopic (exact) mass is 317 g/mol. The molecule has 3 heterocycles. The number of nitriles is 1. The molecule has 0 unspecified atom stereocenters. The molecule has 0 aromatic carbocycles. The number of anilines is 1. The van der Waals surface area contributed by atoms with Crippen LogP contribution in [0.2, 0.25) is 0 Å². The van der Waals surface area contributed by atoms with Crippen LogP contribution in [-0.2, 0) is 9.31 Å². The molecule has 122 valence electrons. The summed E-state index contributed by atoms with van der Waals surface area (Å²) in [6.07, 6.45) is 1.28. The SMILES string of the molecule is CC1(C)OB(c2cnc(N3CC[C@H](F)C3)c(C#N)c2)OC1(C)C. The van der Waals surface area contributed by atoms with Gasteiger partial charge in [0.15, 0.2) is 0 Å². The van der Waals surface area contributed by atoms with Crippen LogP contribution in [0.5, 0.6) is 0 Å². The van der Waals surface area contributed by atoms with Crippen LogP contribution in [0, 0.1) is 11.3 Å². The van der Waals surface area contributed by atoms with E-state index >= 15 is 0 Å². The highest BCUT2D eigenvalue weighted by Gasteiger charge is 2.52. The van der Waals surface area contributed by atoms with Gasteiger partial charge in [-0.05, 0) is 40.2 Å². The van der Waals surface area contributed by atoms with Gasteiger partial charge < -0.3 is 14.2 Å². The second kappa shape index (κ2) is 5.46.